The number of nitrogens with two attached hydrogens (primary N) is 1. The summed E-state index contributed by atoms with van der Waals surface area (Å²) in [5.74, 6) is 1.79. The maximum atomic E-state index is 10.8. The number of aliphatic hydroxyl groups is 2. The Bertz CT molecular complexity index is 465. The average Bonchev–Trinajstić information content (AvgIpc) is 2.80. The highest BCUT2D eigenvalue weighted by Gasteiger charge is 2.56. The molecule has 3 rings (SSSR count). The average molecular weight is 322 g/mol. The van der Waals surface area contributed by atoms with Crippen LogP contribution in [0.2, 0.25) is 0 Å². The minimum Gasteiger partial charge on any atom is -0.393 e. The summed E-state index contributed by atoms with van der Waals surface area (Å²) < 4.78 is 0. The van der Waals surface area contributed by atoms with Crippen LogP contribution < -0.4 is 5.73 Å². The Balaban J connectivity index is 1.88. The zero-order valence-electron chi connectivity index (χ0n) is 14.9. The highest BCUT2D eigenvalue weighted by atomic mass is 16.3. The lowest BCUT2D eigenvalue weighted by Crippen LogP contribution is -2.52. The molecule has 0 aliphatic heterocycles. The van der Waals surface area contributed by atoms with Crippen LogP contribution in [0.5, 0.6) is 0 Å². The van der Waals surface area contributed by atoms with Gasteiger partial charge in [-0.25, -0.2) is 0 Å². The van der Waals surface area contributed by atoms with Crippen molar-refractivity contribution in [3.8, 4) is 0 Å². The van der Waals surface area contributed by atoms with Gasteiger partial charge in [0.2, 0.25) is 0 Å². The molecule has 2 unspecified atom stereocenters. The zero-order valence-corrected chi connectivity index (χ0v) is 14.9. The van der Waals surface area contributed by atoms with Crippen molar-refractivity contribution in [2.75, 3.05) is 6.54 Å². The molecule has 0 aromatic heterocycles. The van der Waals surface area contributed by atoms with E-state index in [9.17, 15) is 10.2 Å². The Morgan fingerprint density at radius 3 is 2.52 bits per heavy atom. The lowest BCUT2D eigenvalue weighted by Gasteiger charge is -2.55. The van der Waals surface area contributed by atoms with Crippen molar-refractivity contribution < 1.29 is 10.2 Å². The van der Waals surface area contributed by atoms with Gasteiger partial charge in [-0.15, -0.1) is 0 Å². The molecular weight excluding hydrogens is 286 g/mol. The Labute approximate surface area is 141 Å². The molecule has 3 fully saturated rings. The van der Waals surface area contributed by atoms with Crippen molar-refractivity contribution in [1.82, 2.24) is 0 Å². The van der Waals surface area contributed by atoms with Crippen LogP contribution in [-0.2, 0) is 0 Å². The molecule has 23 heavy (non-hydrogen) atoms. The van der Waals surface area contributed by atoms with Gasteiger partial charge in [0.05, 0.1) is 12.2 Å². The minimum absolute atomic E-state index is 0.0652. The van der Waals surface area contributed by atoms with Crippen LogP contribution in [-0.4, -0.2) is 29.0 Å². The van der Waals surface area contributed by atoms with Crippen LogP contribution in [0.25, 0.3) is 0 Å². The molecule has 0 aromatic carbocycles. The lowest BCUT2D eigenvalue weighted by molar-refractivity contribution is -0.119. The molecule has 3 aliphatic rings. The summed E-state index contributed by atoms with van der Waals surface area (Å²) in [6.45, 7) is 9.78. The van der Waals surface area contributed by atoms with Crippen LogP contribution in [0, 0.1) is 28.6 Å². The highest BCUT2D eigenvalue weighted by Crippen LogP contribution is 2.63. The Hall–Kier alpha value is -0.380. The van der Waals surface area contributed by atoms with E-state index in [0.717, 1.165) is 32.2 Å². The third kappa shape index (κ3) is 2.69. The van der Waals surface area contributed by atoms with Gasteiger partial charge in [0.25, 0.3) is 0 Å². The third-order valence-corrected chi connectivity index (χ3v) is 8.01. The first-order valence-electron chi connectivity index (χ1n) is 9.57. The molecule has 132 valence electrons. The number of hydrogen-bond acceptors (Lipinski definition) is 3. The van der Waals surface area contributed by atoms with E-state index in [1.165, 1.54) is 24.8 Å². The first kappa shape index (κ1) is 17.4. The Kier molecular flexibility index (Phi) is 4.67. The molecule has 0 bridgehead atoms. The van der Waals surface area contributed by atoms with Crippen LogP contribution in [0.15, 0.2) is 12.2 Å². The molecule has 0 amide bonds. The number of fused-ring (bicyclic) bond motifs is 1. The predicted octanol–water partition coefficient (Wildman–Crippen LogP) is 3.25. The van der Waals surface area contributed by atoms with E-state index in [4.69, 9.17) is 5.73 Å². The van der Waals surface area contributed by atoms with Crippen molar-refractivity contribution >= 4 is 0 Å². The van der Waals surface area contributed by atoms with Gasteiger partial charge in [-0.2, -0.15) is 0 Å². The highest BCUT2D eigenvalue weighted by molar-refractivity contribution is 5.20. The predicted molar refractivity (Wildman–Crippen MR) is 93.8 cm³/mol. The quantitative estimate of drug-likeness (QED) is 0.699. The molecule has 3 aliphatic carbocycles. The third-order valence-electron chi connectivity index (χ3n) is 8.01. The van der Waals surface area contributed by atoms with Gasteiger partial charge < -0.3 is 15.9 Å². The summed E-state index contributed by atoms with van der Waals surface area (Å²) in [6.07, 6.45) is 7.42. The van der Waals surface area contributed by atoms with Gasteiger partial charge in [0.1, 0.15) is 0 Å². The Morgan fingerprint density at radius 1 is 1.13 bits per heavy atom. The van der Waals surface area contributed by atoms with Crippen molar-refractivity contribution in [3.63, 3.8) is 0 Å². The largest absolute Gasteiger partial charge is 0.393 e. The van der Waals surface area contributed by atoms with E-state index in [2.05, 4.69) is 20.4 Å². The molecule has 0 aromatic rings. The summed E-state index contributed by atoms with van der Waals surface area (Å²) in [7, 11) is 0. The first-order valence-corrected chi connectivity index (χ1v) is 9.57. The van der Waals surface area contributed by atoms with Gasteiger partial charge in [0, 0.05) is 0 Å². The van der Waals surface area contributed by atoms with Crippen LogP contribution in [0.1, 0.15) is 65.2 Å². The van der Waals surface area contributed by atoms with E-state index < -0.39 is 0 Å². The molecule has 0 heterocycles. The van der Waals surface area contributed by atoms with E-state index >= 15 is 0 Å². The summed E-state index contributed by atoms with van der Waals surface area (Å²) in [5.41, 5.74) is 7.64. The number of aliphatic hydroxyl groups excluding tert-OH is 2. The van der Waals surface area contributed by atoms with Gasteiger partial charge in [-0.05, 0) is 86.5 Å². The normalized spacial score (nSPS) is 50.8. The van der Waals surface area contributed by atoms with Crippen molar-refractivity contribution in [2.24, 2.45) is 34.3 Å². The maximum Gasteiger partial charge on any atom is 0.0621 e. The second-order valence-corrected chi connectivity index (χ2v) is 9.00. The molecule has 0 radical (unpaired) electrons. The van der Waals surface area contributed by atoms with E-state index in [0.29, 0.717) is 24.2 Å². The van der Waals surface area contributed by atoms with Gasteiger partial charge in [0.15, 0.2) is 0 Å². The molecule has 3 saturated carbocycles. The van der Waals surface area contributed by atoms with Crippen molar-refractivity contribution in [1.29, 1.82) is 0 Å². The monoisotopic (exact) mass is 321 g/mol. The fraction of sp³-hybridized carbons (Fsp3) is 0.900. The van der Waals surface area contributed by atoms with Gasteiger partial charge in [-0.3, -0.25) is 0 Å². The van der Waals surface area contributed by atoms with Gasteiger partial charge in [-0.1, -0.05) is 26.0 Å². The van der Waals surface area contributed by atoms with E-state index in [1.54, 1.807) is 0 Å². The number of allylic oxidation sites excluding steroid dienone is 1. The molecule has 3 nitrogen and oxygen atoms in total. The first-order chi connectivity index (χ1) is 10.8. The summed E-state index contributed by atoms with van der Waals surface area (Å²) >= 11 is 0. The van der Waals surface area contributed by atoms with Crippen LogP contribution in [0.3, 0.4) is 0 Å². The topological polar surface area (TPSA) is 66.5 Å². The number of rotatable bonds is 3. The molecule has 4 N–H and O–H groups in total. The molecular formula is C20H35NO2. The maximum absolute atomic E-state index is 10.8. The fourth-order valence-corrected chi connectivity index (χ4v) is 6.33. The second kappa shape index (κ2) is 6.16. The van der Waals surface area contributed by atoms with Crippen LogP contribution >= 0.6 is 0 Å². The second-order valence-electron chi connectivity index (χ2n) is 9.00. The van der Waals surface area contributed by atoms with Gasteiger partial charge >= 0.3 is 0 Å². The molecule has 7 atom stereocenters. The lowest BCUT2D eigenvalue weighted by atomic mass is 9.50. The summed E-state index contributed by atoms with van der Waals surface area (Å²) in [6, 6.07) is 0. The Morgan fingerprint density at radius 2 is 1.87 bits per heavy atom. The smallest absolute Gasteiger partial charge is 0.0621 e. The molecule has 0 saturated heterocycles. The SMILES string of the molecule is C=C1CCC2[C@H](CCN)C([C@@]3(C)CC[C@H](O)C[C@@H]3O)CC[C@]12C. The molecule has 0 spiro atoms. The van der Waals surface area contributed by atoms with Crippen molar-refractivity contribution in [3.05, 3.63) is 12.2 Å². The minimum atomic E-state index is -0.384. The van der Waals surface area contributed by atoms with Crippen molar-refractivity contribution in [2.45, 2.75) is 77.4 Å². The number of hydrogen-bond donors (Lipinski definition) is 3. The fourth-order valence-electron chi connectivity index (χ4n) is 6.33. The van der Waals surface area contributed by atoms with E-state index in [1.807, 2.05) is 0 Å². The molecule has 3 heteroatoms. The van der Waals surface area contributed by atoms with Crippen LogP contribution in [0.4, 0.5) is 0 Å². The zero-order chi connectivity index (χ0) is 16.8. The standard InChI is InChI=1S/C20H35NO2/c1-13-4-5-16-15(8-11-21)17(7-10-19(13,16)2)20(3)9-6-14(22)12-18(20)23/h14-18,22-23H,1,4-12,21H2,2-3H3/t14-,15-,16?,17?,18-,19+,20+/m0/s1. The summed E-state index contributed by atoms with van der Waals surface area (Å²) in [5, 5.41) is 20.7. The summed E-state index contributed by atoms with van der Waals surface area (Å²) in [4.78, 5) is 0. The van der Waals surface area contributed by atoms with E-state index in [-0.39, 0.29) is 23.0 Å².